The van der Waals surface area contributed by atoms with Gasteiger partial charge in [-0.1, -0.05) is 78.7 Å². The molecule has 0 saturated heterocycles. The van der Waals surface area contributed by atoms with Crippen LogP contribution < -0.4 is 0 Å². The molecule has 0 unspecified atom stereocenters. The maximum Gasteiger partial charge on any atom is 0.0167 e. The van der Waals surface area contributed by atoms with Gasteiger partial charge in [0.2, 0.25) is 0 Å². The van der Waals surface area contributed by atoms with Gasteiger partial charge in [-0.2, -0.15) is 0 Å². The fraction of sp³-hybridized carbons (Fsp3) is 0.0556. The van der Waals surface area contributed by atoms with Gasteiger partial charge in [-0.05, 0) is 55.7 Å². The topological polar surface area (TPSA) is 25.8 Å². The zero-order chi connectivity index (χ0) is 25.5. The summed E-state index contributed by atoms with van der Waals surface area (Å²) in [5.41, 5.74) is 4.39. The van der Waals surface area contributed by atoms with Crippen molar-refractivity contribution in [2.75, 3.05) is 0 Å². The summed E-state index contributed by atoms with van der Waals surface area (Å²) < 4.78 is 0. The quantitative estimate of drug-likeness (QED) is 0.104. The monoisotopic (exact) mass is 677 g/mol. The van der Waals surface area contributed by atoms with Gasteiger partial charge in [0.1, 0.15) is 0 Å². The maximum atomic E-state index is 4.79. The molecule has 0 aliphatic heterocycles. The van der Waals surface area contributed by atoms with Crippen LogP contribution in [0.15, 0.2) is 116 Å². The number of benzene rings is 6. The van der Waals surface area contributed by atoms with E-state index < -0.39 is 0 Å². The molecule has 2 heterocycles. The molecule has 2 aromatic heterocycles. The molecule has 0 amide bonds. The average Bonchev–Trinajstić information content (AvgIpc) is 3.01. The molecule has 8 rings (SSSR count). The van der Waals surface area contributed by atoms with Crippen molar-refractivity contribution in [2.45, 2.75) is 13.3 Å². The number of aryl methyl sites for hydroxylation is 1. The molecule has 1 radical (unpaired) electrons. The summed E-state index contributed by atoms with van der Waals surface area (Å²) in [7, 11) is 0. The normalized spacial score (nSPS) is 11.1. The molecule has 0 aliphatic rings. The molecule has 8 aromatic rings. The fourth-order valence-corrected chi connectivity index (χ4v) is 5.58. The van der Waals surface area contributed by atoms with E-state index in [1.807, 2.05) is 48.7 Å². The van der Waals surface area contributed by atoms with Crippen molar-refractivity contribution in [1.29, 1.82) is 0 Å². The van der Waals surface area contributed by atoms with Crippen LogP contribution in [0.5, 0.6) is 0 Å². The molecule has 189 valence electrons. The molecule has 0 N–H and O–H groups in total. The molecule has 0 bridgehead atoms. The number of aromatic nitrogens is 2. The Bertz CT molecular complexity index is 2010. The van der Waals surface area contributed by atoms with Crippen LogP contribution in [0.1, 0.15) is 12.5 Å². The molecule has 6 aromatic carbocycles. The summed E-state index contributed by atoms with van der Waals surface area (Å²) >= 11 is 0. The van der Waals surface area contributed by atoms with Gasteiger partial charge in [-0.3, -0.25) is 0 Å². The van der Waals surface area contributed by atoms with Crippen LogP contribution >= 0.6 is 0 Å². The van der Waals surface area contributed by atoms with Crippen LogP contribution in [-0.2, 0) is 26.5 Å². The van der Waals surface area contributed by atoms with Crippen molar-refractivity contribution < 1.29 is 20.1 Å². The van der Waals surface area contributed by atoms with E-state index in [2.05, 4.69) is 84.7 Å². The SMILES string of the molecule is CCc1c[c-]c2c(c1)c1cccc3c4ccccc4c4ccnc2c4c13.[Ir].[c-]1ccccc1-c1ccccn1. The third-order valence-electron chi connectivity index (χ3n) is 7.36. The van der Waals surface area contributed by atoms with Crippen LogP contribution in [0.2, 0.25) is 0 Å². The molecule has 0 aliphatic carbocycles. The van der Waals surface area contributed by atoms with Crippen LogP contribution in [-0.4, -0.2) is 9.97 Å². The van der Waals surface area contributed by atoms with Crippen molar-refractivity contribution in [1.82, 2.24) is 9.97 Å². The summed E-state index contributed by atoms with van der Waals surface area (Å²) in [4.78, 5) is 9.01. The third-order valence-corrected chi connectivity index (χ3v) is 7.36. The molecule has 0 fully saturated rings. The van der Waals surface area contributed by atoms with E-state index in [-0.39, 0.29) is 20.1 Å². The second-order valence-electron chi connectivity index (χ2n) is 9.50. The van der Waals surface area contributed by atoms with Gasteiger partial charge >= 0.3 is 0 Å². The number of fused-ring (bicyclic) bond motifs is 6. The van der Waals surface area contributed by atoms with Crippen molar-refractivity contribution in [3.8, 4) is 11.3 Å². The zero-order valence-corrected chi connectivity index (χ0v) is 23.8. The molecular formula is C36H24IrN2-2. The summed E-state index contributed by atoms with van der Waals surface area (Å²) in [6.07, 6.45) is 4.74. The summed E-state index contributed by atoms with van der Waals surface area (Å²) in [5.74, 6) is 0. The minimum atomic E-state index is 0. The number of pyridine rings is 2. The molecule has 2 nitrogen and oxygen atoms in total. The molecule has 39 heavy (non-hydrogen) atoms. The standard InChI is InChI=1S/C25H16N.C11H8N.Ir/c1-2-15-10-11-21-22(14-15)19-9-5-8-18-16-6-3-4-7-17(16)20-12-13-26-25(21)24(20)23(18)19;1-2-6-10(7-3-1)11-8-4-5-9-12-11;/h3-10,12-14H,2H2,1H3;1-6,8-9H;/q2*-1;. The van der Waals surface area contributed by atoms with Crippen LogP contribution in [0.25, 0.3) is 65.3 Å². The molecule has 0 atom stereocenters. The molecule has 0 saturated carbocycles. The van der Waals surface area contributed by atoms with Crippen molar-refractivity contribution in [3.63, 3.8) is 0 Å². The van der Waals surface area contributed by atoms with Crippen molar-refractivity contribution in [2.24, 2.45) is 0 Å². The van der Waals surface area contributed by atoms with Crippen LogP contribution in [0, 0.1) is 12.1 Å². The Balaban J connectivity index is 0.000000180. The predicted molar refractivity (Wildman–Crippen MR) is 160 cm³/mol. The van der Waals surface area contributed by atoms with Crippen LogP contribution in [0.4, 0.5) is 0 Å². The first kappa shape index (κ1) is 25.1. The van der Waals surface area contributed by atoms with E-state index in [0.717, 1.165) is 28.6 Å². The van der Waals surface area contributed by atoms with Gasteiger partial charge in [0, 0.05) is 32.5 Å². The van der Waals surface area contributed by atoms with E-state index in [0.29, 0.717) is 0 Å². The first-order valence-corrected chi connectivity index (χ1v) is 13.0. The number of hydrogen-bond acceptors (Lipinski definition) is 2. The molecule has 0 spiro atoms. The molecular weight excluding hydrogens is 653 g/mol. The van der Waals surface area contributed by atoms with E-state index >= 15 is 0 Å². The Labute approximate surface area is 241 Å². The Hall–Kier alpha value is -4.17. The van der Waals surface area contributed by atoms with Crippen molar-refractivity contribution in [3.05, 3.63) is 133 Å². The summed E-state index contributed by atoms with van der Waals surface area (Å²) in [6.45, 7) is 2.19. The predicted octanol–water partition coefficient (Wildman–Crippen LogP) is 9.19. The van der Waals surface area contributed by atoms with Gasteiger partial charge in [-0.15, -0.1) is 65.0 Å². The molecule has 3 heteroatoms. The first-order valence-electron chi connectivity index (χ1n) is 13.0. The Morgan fingerprint density at radius 1 is 0.615 bits per heavy atom. The Kier molecular flexibility index (Phi) is 6.79. The summed E-state index contributed by atoms with van der Waals surface area (Å²) in [5, 5.41) is 11.5. The second kappa shape index (κ2) is 10.5. The van der Waals surface area contributed by atoms with Gasteiger partial charge in [0.05, 0.1) is 0 Å². The van der Waals surface area contributed by atoms with Gasteiger partial charge in [0.15, 0.2) is 0 Å². The largest absolute Gasteiger partial charge is 0.305 e. The third kappa shape index (κ3) is 4.25. The fourth-order valence-electron chi connectivity index (χ4n) is 5.58. The Morgan fingerprint density at radius 3 is 2.05 bits per heavy atom. The first-order chi connectivity index (χ1) is 18.8. The number of rotatable bonds is 2. The minimum absolute atomic E-state index is 0. The van der Waals surface area contributed by atoms with Gasteiger partial charge < -0.3 is 9.97 Å². The summed E-state index contributed by atoms with van der Waals surface area (Å²) in [6, 6.07) is 42.3. The van der Waals surface area contributed by atoms with E-state index in [9.17, 15) is 0 Å². The van der Waals surface area contributed by atoms with Crippen LogP contribution in [0.3, 0.4) is 0 Å². The van der Waals surface area contributed by atoms with E-state index in [1.165, 1.54) is 48.7 Å². The zero-order valence-electron chi connectivity index (χ0n) is 21.4. The smallest absolute Gasteiger partial charge is 0.0167 e. The second-order valence-corrected chi connectivity index (χ2v) is 9.50. The average molecular weight is 677 g/mol. The minimum Gasteiger partial charge on any atom is -0.305 e. The van der Waals surface area contributed by atoms with E-state index in [4.69, 9.17) is 4.98 Å². The van der Waals surface area contributed by atoms with Gasteiger partial charge in [0.25, 0.3) is 0 Å². The van der Waals surface area contributed by atoms with E-state index in [1.54, 1.807) is 6.20 Å². The Morgan fingerprint density at radius 2 is 1.33 bits per heavy atom. The van der Waals surface area contributed by atoms with Crippen molar-refractivity contribution >= 4 is 54.0 Å². The number of nitrogens with zero attached hydrogens (tertiary/aromatic N) is 2. The number of hydrogen-bond donors (Lipinski definition) is 0. The van der Waals surface area contributed by atoms with Gasteiger partial charge in [-0.25, -0.2) is 0 Å². The maximum absolute atomic E-state index is 4.79.